The lowest BCUT2D eigenvalue weighted by Gasteiger charge is -2.37. The lowest BCUT2D eigenvalue weighted by Crippen LogP contribution is -2.45. The van der Waals surface area contributed by atoms with E-state index >= 15 is 0 Å². The number of sulfone groups is 1. The van der Waals surface area contributed by atoms with E-state index in [-0.39, 0.29) is 29.0 Å². The van der Waals surface area contributed by atoms with E-state index < -0.39 is 15.4 Å². The van der Waals surface area contributed by atoms with Crippen molar-refractivity contribution >= 4 is 38.1 Å². The monoisotopic (exact) mass is 702 g/mol. The third-order valence-corrected chi connectivity index (χ3v) is 11.7. The van der Waals surface area contributed by atoms with Crippen molar-refractivity contribution in [1.82, 2.24) is 19.8 Å². The van der Waals surface area contributed by atoms with E-state index in [1.165, 1.54) is 0 Å². The van der Waals surface area contributed by atoms with Gasteiger partial charge < -0.3 is 14.8 Å². The Hall–Kier alpha value is -4.76. The number of nitrogens with zero attached hydrogens (tertiary/aromatic N) is 3. The van der Waals surface area contributed by atoms with Crippen LogP contribution < -0.4 is 5.32 Å². The summed E-state index contributed by atoms with van der Waals surface area (Å²) in [4.78, 5) is 19.9. The fraction of sp³-hybridized carbons (Fsp3) is 0.220. The number of carbonyl (C=O) groups is 1. The first kappa shape index (κ1) is 33.7. The minimum atomic E-state index is -3.61. The van der Waals surface area contributed by atoms with E-state index in [0.717, 1.165) is 46.0 Å². The molecule has 2 heterocycles. The van der Waals surface area contributed by atoms with Crippen LogP contribution in [-0.2, 0) is 26.7 Å². The Labute approximate surface area is 298 Å². The van der Waals surface area contributed by atoms with Gasteiger partial charge in [-0.1, -0.05) is 115 Å². The molecule has 0 spiro atoms. The average molecular weight is 703 g/mol. The number of carbonyl (C=O) groups excluding carboxylic acids is 1. The number of amides is 1. The number of halogens is 1. The number of hydrogen-bond donors (Lipinski definition) is 1. The molecule has 0 unspecified atom stereocenters. The molecule has 6 aromatic rings. The van der Waals surface area contributed by atoms with Crippen molar-refractivity contribution in [3.05, 3.63) is 167 Å². The molecule has 0 bridgehead atoms. The number of likely N-dealkylation sites (tertiary alicyclic amines) is 1. The predicted octanol–water partition coefficient (Wildman–Crippen LogP) is 7.47. The first-order valence-corrected chi connectivity index (χ1v) is 19.0. The van der Waals surface area contributed by atoms with Gasteiger partial charge >= 0.3 is 0 Å². The second kappa shape index (κ2) is 14.6. The standard InChI is InChI=1S/C41H39ClN4O3S/c42-36-18-16-32-27-39(19-17-31(32)26-36)50(48,49)25-22-40(47)45-23-20-37(21-24-45)43-28-38-29-46(30-44-38)41(33-10-4-1-5-11-33,34-12-6-2-7-13-34)35-14-8-3-9-15-35/h1-19,26-27,29-30,37,43H,20-25,28H2. The van der Waals surface area contributed by atoms with E-state index in [1.54, 1.807) is 41.3 Å². The molecule has 1 saturated heterocycles. The van der Waals surface area contributed by atoms with Gasteiger partial charge in [-0.05, 0) is 64.6 Å². The van der Waals surface area contributed by atoms with Gasteiger partial charge in [0, 0.05) is 43.3 Å². The van der Waals surface area contributed by atoms with E-state index in [2.05, 4.69) is 88.9 Å². The van der Waals surface area contributed by atoms with Crippen molar-refractivity contribution in [1.29, 1.82) is 0 Å². The summed E-state index contributed by atoms with van der Waals surface area (Å²) in [7, 11) is -3.61. The Kier molecular flexibility index (Phi) is 9.85. The molecule has 1 aliphatic heterocycles. The summed E-state index contributed by atoms with van der Waals surface area (Å²) in [6.07, 6.45) is 5.59. The van der Waals surface area contributed by atoms with Crippen molar-refractivity contribution in [3.8, 4) is 0 Å². The van der Waals surface area contributed by atoms with Crippen molar-refractivity contribution in [3.63, 3.8) is 0 Å². The highest BCUT2D eigenvalue weighted by Gasteiger charge is 2.38. The van der Waals surface area contributed by atoms with Gasteiger partial charge in [-0.25, -0.2) is 13.4 Å². The van der Waals surface area contributed by atoms with E-state index in [1.807, 2.05) is 24.5 Å². The van der Waals surface area contributed by atoms with Gasteiger partial charge in [0.25, 0.3) is 0 Å². The highest BCUT2D eigenvalue weighted by molar-refractivity contribution is 7.91. The lowest BCUT2D eigenvalue weighted by molar-refractivity contribution is -0.131. The molecule has 1 fully saturated rings. The molecule has 0 radical (unpaired) electrons. The summed E-state index contributed by atoms with van der Waals surface area (Å²) in [6.45, 7) is 1.76. The largest absolute Gasteiger partial charge is 0.343 e. The fourth-order valence-electron chi connectivity index (χ4n) is 7.09. The number of hydrogen-bond acceptors (Lipinski definition) is 5. The maximum atomic E-state index is 13.1. The minimum absolute atomic E-state index is 0.0392. The van der Waals surface area contributed by atoms with Gasteiger partial charge in [-0.3, -0.25) is 4.79 Å². The second-order valence-corrected chi connectivity index (χ2v) is 15.4. The number of nitrogens with one attached hydrogen (secondary N) is 1. The quantitative estimate of drug-likeness (QED) is 0.142. The van der Waals surface area contributed by atoms with Crippen molar-refractivity contribution in [2.45, 2.75) is 42.3 Å². The molecule has 0 aliphatic carbocycles. The minimum Gasteiger partial charge on any atom is -0.343 e. The van der Waals surface area contributed by atoms with Crippen molar-refractivity contribution in [2.75, 3.05) is 18.8 Å². The van der Waals surface area contributed by atoms with Gasteiger partial charge in [-0.2, -0.15) is 0 Å². The zero-order chi connectivity index (χ0) is 34.6. The van der Waals surface area contributed by atoms with Crippen LogP contribution >= 0.6 is 11.6 Å². The fourth-order valence-corrected chi connectivity index (χ4v) is 8.53. The molecule has 0 atom stereocenters. The summed E-state index contributed by atoms with van der Waals surface area (Å²) in [6, 6.07) is 42.2. The zero-order valence-electron chi connectivity index (χ0n) is 27.7. The molecule has 1 N–H and O–H groups in total. The van der Waals surface area contributed by atoms with E-state index in [4.69, 9.17) is 16.6 Å². The first-order chi connectivity index (χ1) is 24.3. The van der Waals surface area contributed by atoms with Gasteiger partial charge in [-0.15, -0.1) is 0 Å². The van der Waals surface area contributed by atoms with Gasteiger partial charge in [0.2, 0.25) is 5.91 Å². The van der Waals surface area contributed by atoms with E-state index in [9.17, 15) is 13.2 Å². The van der Waals surface area contributed by atoms with Crippen LogP contribution in [0.2, 0.25) is 5.02 Å². The van der Waals surface area contributed by atoms with Crippen molar-refractivity contribution in [2.24, 2.45) is 0 Å². The molecule has 1 amide bonds. The maximum absolute atomic E-state index is 13.1. The van der Waals surface area contributed by atoms with Crippen LogP contribution in [0.4, 0.5) is 0 Å². The summed E-state index contributed by atoms with van der Waals surface area (Å²) >= 11 is 6.07. The molecule has 1 aromatic heterocycles. The van der Waals surface area contributed by atoms with Crippen LogP contribution in [0.5, 0.6) is 0 Å². The Bertz CT molecular complexity index is 2090. The number of fused-ring (bicyclic) bond motifs is 1. The SMILES string of the molecule is O=C(CCS(=O)(=O)c1ccc2cc(Cl)ccc2c1)N1CCC(NCc2cn(C(c3ccccc3)(c3ccccc3)c3ccccc3)cn2)CC1. The molecule has 50 heavy (non-hydrogen) atoms. The van der Waals surface area contributed by atoms with Crippen LogP contribution in [0.15, 0.2) is 145 Å². The summed E-state index contributed by atoms with van der Waals surface area (Å²) < 4.78 is 28.4. The molecule has 7 nitrogen and oxygen atoms in total. The molecule has 1 aliphatic rings. The molecular weight excluding hydrogens is 664 g/mol. The predicted molar refractivity (Wildman–Crippen MR) is 199 cm³/mol. The van der Waals surface area contributed by atoms with Crippen LogP contribution in [0, 0.1) is 0 Å². The molecule has 0 saturated carbocycles. The highest BCUT2D eigenvalue weighted by atomic mass is 35.5. The zero-order valence-corrected chi connectivity index (χ0v) is 29.2. The number of aromatic nitrogens is 2. The molecule has 7 rings (SSSR count). The van der Waals surface area contributed by atoms with Gasteiger partial charge in [0.15, 0.2) is 9.84 Å². The normalized spacial score (nSPS) is 14.2. The topological polar surface area (TPSA) is 84.3 Å². The Balaban J connectivity index is 0.986. The van der Waals surface area contributed by atoms with Gasteiger partial charge in [0.1, 0.15) is 5.54 Å². The van der Waals surface area contributed by atoms with Crippen LogP contribution in [0.25, 0.3) is 10.8 Å². The smallest absolute Gasteiger partial charge is 0.223 e. The van der Waals surface area contributed by atoms with Crippen LogP contribution in [0.3, 0.4) is 0 Å². The summed E-state index contributed by atoms with van der Waals surface area (Å²) in [5.41, 5.74) is 3.74. The maximum Gasteiger partial charge on any atom is 0.223 e. The molecule has 9 heteroatoms. The Morgan fingerprint density at radius 3 is 1.94 bits per heavy atom. The van der Waals surface area contributed by atoms with Crippen LogP contribution in [-0.4, -0.2) is 53.7 Å². The number of rotatable bonds is 11. The summed E-state index contributed by atoms with van der Waals surface area (Å²) in [5.74, 6) is -0.347. The highest BCUT2D eigenvalue weighted by Crippen LogP contribution is 2.40. The molecular formula is C41H39ClN4O3S. The van der Waals surface area contributed by atoms with E-state index in [0.29, 0.717) is 24.7 Å². The number of imidazole rings is 1. The van der Waals surface area contributed by atoms with Gasteiger partial charge in [0.05, 0.1) is 22.7 Å². The van der Waals surface area contributed by atoms with Crippen LogP contribution in [0.1, 0.15) is 41.6 Å². The Morgan fingerprint density at radius 1 is 0.780 bits per heavy atom. The second-order valence-electron chi connectivity index (χ2n) is 12.8. The third-order valence-electron chi connectivity index (χ3n) is 9.74. The number of benzene rings is 5. The van der Waals surface area contributed by atoms with Crippen molar-refractivity contribution < 1.29 is 13.2 Å². The lowest BCUT2D eigenvalue weighted by atomic mass is 9.77. The first-order valence-electron chi connectivity index (χ1n) is 17.0. The summed E-state index contributed by atoms with van der Waals surface area (Å²) in [5, 5.41) is 5.93. The average Bonchev–Trinajstić information content (AvgIpc) is 3.64. The molecule has 254 valence electrons. The Morgan fingerprint density at radius 2 is 1.34 bits per heavy atom. The molecule has 5 aromatic carbocycles. The number of piperidine rings is 1. The third kappa shape index (κ3) is 6.97.